The number of carbonyl (C=O) groups excluding carboxylic acids is 1. The van der Waals surface area contributed by atoms with Crippen molar-refractivity contribution >= 4 is 22.5 Å². The summed E-state index contributed by atoms with van der Waals surface area (Å²) in [4.78, 5) is 28.7. The topological polar surface area (TPSA) is 105 Å². The zero-order valence-corrected chi connectivity index (χ0v) is 19.0. The number of hydrogen-bond acceptors (Lipinski definition) is 5. The maximum atomic E-state index is 13.2. The number of rotatable bonds is 6. The molecule has 1 aliphatic rings. The Morgan fingerprint density at radius 1 is 1.12 bits per heavy atom. The average Bonchev–Trinajstić information content (AvgIpc) is 2.83. The van der Waals surface area contributed by atoms with Crippen LogP contribution in [-0.4, -0.2) is 20.9 Å². The van der Waals surface area contributed by atoms with Crippen molar-refractivity contribution in [3.05, 3.63) is 75.5 Å². The predicted molar refractivity (Wildman–Crippen MR) is 127 cm³/mol. The second kappa shape index (κ2) is 9.57. The number of carbonyl (C=O) groups is 1. The fourth-order valence-electron chi connectivity index (χ4n) is 4.64. The van der Waals surface area contributed by atoms with E-state index < -0.39 is 11.0 Å². The van der Waals surface area contributed by atoms with Crippen LogP contribution in [0.1, 0.15) is 74.6 Å². The van der Waals surface area contributed by atoms with Gasteiger partial charge in [0, 0.05) is 23.7 Å². The van der Waals surface area contributed by atoms with E-state index in [-0.39, 0.29) is 39.7 Å². The van der Waals surface area contributed by atoms with Crippen LogP contribution in [0.2, 0.25) is 0 Å². The highest BCUT2D eigenvalue weighted by Crippen LogP contribution is 2.40. The SMILES string of the molecule is CC(C)c1ccc([C@@H](NC(=O)C2CCCCC2)c2cc([N+](=O)[O-])c3cccnc3c2O)cc1. The van der Waals surface area contributed by atoms with Crippen molar-refractivity contribution in [1.82, 2.24) is 10.3 Å². The largest absolute Gasteiger partial charge is 0.505 e. The molecule has 1 heterocycles. The van der Waals surface area contributed by atoms with E-state index in [4.69, 9.17) is 0 Å². The molecule has 1 amide bonds. The molecule has 1 aromatic heterocycles. The Labute approximate surface area is 193 Å². The van der Waals surface area contributed by atoms with E-state index in [1.807, 2.05) is 24.3 Å². The Bertz CT molecular complexity index is 1170. The molecule has 7 heteroatoms. The summed E-state index contributed by atoms with van der Waals surface area (Å²) in [5.74, 6) is 0.00877. The number of aromatic nitrogens is 1. The van der Waals surface area contributed by atoms with Gasteiger partial charge in [0.25, 0.3) is 5.69 Å². The van der Waals surface area contributed by atoms with E-state index in [9.17, 15) is 20.0 Å². The van der Waals surface area contributed by atoms with Crippen molar-refractivity contribution in [1.29, 1.82) is 0 Å². The number of fused-ring (bicyclic) bond motifs is 1. The standard InChI is InChI=1S/C26H29N3O4/c1-16(2)17-10-12-18(13-11-17)23(28-26(31)19-7-4-3-5-8-19)21-15-22(29(32)33)20-9-6-14-27-24(20)25(21)30/h6,9-16,19,23,30H,3-5,7-8H2,1-2H3,(H,28,31)/t23-/m1/s1. The molecule has 1 fully saturated rings. The first-order valence-corrected chi connectivity index (χ1v) is 11.5. The number of non-ortho nitro benzene ring substituents is 1. The van der Waals surface area contributed by atoms with Crippen LogP contribution < -0.4 is 5.32 Å². The second-order valence-electron chi connectivity index (χ2n) is 9.09. The van der Waals surface area contributed by atoms with Crippen molar-refractivity contribution < 1.29 is 14.8 Å². The van der Waals surface area contributed by atoms with Crippen molar-refractivity contribution in [3.63, 3.8) is 0 Å². The summed E-state index contributed by atoms with van der Waals surface area (Å²) in [5.41, 5.74) is 2.17. The zero-order chi connectivity index (χ0) is 23.5. The molecule has 2 aromatic carbocycles. The van der Waals surface area contributed by atoms with E-state index in [1.54, 1.807) is 12.1 Å². The third-order valence-corrected chi connectivity index (χ3v) is 6.58. The van der Waals surface area contributed by atoms with Gasteiger partial charge in [-0.2, -0.15) is 0 Å². The number of hydrogen-bond donors (Lipinski definition) is 2. The minimum atomic E-state index is -0.731. The Hall–Kier alpha value is -3.48. The van der Waals surface area contributed by atoms with Crippen LogP contribution >= 0.6 is 0 Å². The van der Waals surface area contributed by atoms with Gasteiger partial charge in [0.15, 0.2) is 0 Å². The number of phenolic OH excluding ortho intramolecular Hbond substituents is 1. The van der Waals surface area contributed by atoms with Gasteiger partial charge in [-0.05, 0) is 42.0 Å². The zero-order valence-electron chi connectivity index (χ0n) is 19.0. The number of nitro benzene ring substituents is 1. The van der Waals surface area contributed by atoms with Gasteiger partial charge in [-0.3, -0.25) is 19.9 Å². The first kappa shape index (κ1) is 22.7. The summed E-state index contributed by atoms with van der Waals surface area (Å²) >= 11 is 0. The maximum absolute atomic E-state index is 13.2. The molecule has 1 atom stereocenters. The minimum absolute atomic E-state index is 0.0872. The van der Waals surface area contributed by atoms with Crippen LogP contribution in [0, 0.1) is 16.0 Å². The number of aromatic hydroxyl groups is 1. The number of nitro groups is 1. The third-order valence-electron chi connectivity index (χ3n) is 6.58. The van der Waals surface area contributed by atoms with E-state index in [0.29, 0.717) is 5.92 Å². The van der Waals surface area contributed by atoms with Crippen LogP contribution in [0.25, 0.3) is 10.9 Å². The molecule has 33 heavy (non-hydrogen) atoms. The fourth-order valence-corrected chi connectivity index (χ4v) is 4.64. The van der Waals surface area contributed by atoms with Gasteiger partial charge in [0.1, 0.15) is 11.3 Å². The Morgan fingerprint density at radius 2 is 1.79 bits per heavy atom. The molecule has 3 aromatic rings. The molecule has 0 bridgehead atoms. The number of nitrogens with one attached hydrogen (secondary N) is 1. The molecule has 1 aliphatic carbocycles. The lowest BCUT2D eigenvalue weighted by Gasteiger charge is -2.26. The van der Waals surface area contributed by atoms with Gasteiger partial charge in [-0.25, -0.2) is 0 Å². The molecule has 0 radical (unpaired) electrons. The summed E-state index contributed by atoms with van der Waals surface area (Å²) in [6.45, 7) is 4.20. The summed E-state index contributed by atoms with van der Waals surface area (Å²) in [7, 11) is 0. The smallest absolute Gasteiger partial charge is 0.279 e. The maximum Gasteiger partial charge on any atom is 0.279 e. The van der Waals surface area contributed by atoms with Crippen LogP contribution in [0.15, 0.2) is 48.7 Å². The Morgan fingerprint density at radius 3 is 2.42 bits per heavy atom. The van der Waals surface area contributed by atoms with Crippen molar-refractivity contribution in [3.8, 4) is 5.75 Å². The van der Waals surface area contributed by atoms with Crippen molar-refractivity contribution in [2.75, 3.05) is 0 Å². The van der Waals surface area contributed by atoms with E-state index in [1.165, 1.54) is 12.3 Å². The molecule has 172 valence electrons. The van der Waals surface area contributed by atoms with Gasteiger partial charge in [-0.15, -0.1) is 0 Å². The number of phenols is 1. The predicted octanol–water partition coefficient (Wildman–Crippen LogP) is 5.76. The van der Waals surface area contributed by atoms with Gasteiger partial charge in [0.2, 0.25) is 5.91 Å². The highest BCUT2D eigenvalue weighted by molar-refractivity contribution is 5.94. The molecule has 1 saturated carbocycles. The van der Waals surface area contributed by atoms with Gasteiger partial charge in [-0.1, -0.05) is 57.4 Å². The molecule has 0 aliphatic heterocycles. The molecule has 2 N–H and O–H groups in total. The molecule has 7 nitrogen and oxygen atoms in total. The average molecular weight is 448 g/mol. The summed E-state index contributed by atoms with van der Waals surface area (Å²) in [6.07, 6.45) is 6.31. The van der Waals surface area contributed by atoms with Crippen LogP contribution in [0.3, 0.4) is 0 Å². The van der Waals surface area contributed by atoms with Gasteiger partial charge >= 0.3 is 0 Å². The lowest BCUT2D eigenvalue weighted by molar-refractivity contribution is -0.383. The van der Waals surface area contributed by atoms with E-state index >= 15 is 0 Å². The first-order valence-electron chi connectivity index (χ1n) is 11.5. The summed E-state index contributed by atoms with van der Waals surface area (Å²) in [6, 6.07) is 11.6. The molecular formula is C26H29N3O4. The van der Waals surface area contributed by atoms with Crippen molar-refractivity contribution in [2.45, 2.75) is 57.9 Å². The lowest BCUT2D eigenvalue weighted by Crippen LogP contribution is -2.35. The Kier molecular flexibility index (Phi) is 6.58. The van der Waals surface area contributed by atoms with E-state index in [2.05, 4.69) is 24.1 Å². The van der Waals surface area contributed by atoms with Crippen LogP contribution in [0.4, 0.5) is 5.69 Å². The second-order valence-corrected chi connectivity index (χ2v) is 9.09. The Balaban J connectivity index is 1.83. The highest BCUT2D eigenvalue weighted by atomic mass is 16.6. The lowest BCUT2D eigenvalue weighted by atomic mass is 9.87. The third kappa shape index (κ3) is 4.67. The fraction of sp³-hybridized carbons (Fsp3) is 0.385. The summed E-state index contributed by atoms with van der Waals surface area (Å²) < 4.78 is 0. The molecule has 0 saturated heterocycles. The highest BCUT2D eigenvalue weighted by Gasteiger charge is 2.29. The van der Waals surface area contributed by atoms with E-state index in [0.717, 1.165) is 43.2 Å². The first-order chi connectivity index (χ1) is 15.9. The normalized spacial score (nSPS) is 15.5. The number of amides is 1. The number of benzene rings is 2. The van der Waals surface area contributed by atoms with Crippen LogP contribution in [-0.2, 0) is 4.79 Å². The number of nitrogens with zero attached hydrogens (tertiary/aromatic N) is 2. The molecule has 0 unspecified atom stereocenters. The quantitative estimate of drug-likeness (QED) is 0.369. The van der Waals surface area contributed by atoms with Gasteiger partial charge < -0.3 is 10.4 Å². The van der Waals surface area contributed by atoms with Gasteiger partial charge in [0.05, 0.1) is 16.4 Å². The van der Waals surface area contributed by atoms with Crippen LogP contribution in [0.5, 0.6) is 5.75 Å². The minimum Gasteiger partial charge on any atom is -0.505 e. The molecular weight excluding hydrogens is 418 g/mol. The molecule has 4 rings (SSSR count). The molecule has 0 spiro atoms. The monoisotopic (exact) mass is 447 g/mol. The number of pyridine rings is 1. The van der Waals surface area contributed by atoms with Crippen molar-refractivity contribution in [2.24, 2.45) is 5.92 Å². The summed E-state index contributed by atoms with van der Waals surface area (Å²) in [5, 5.41) is 26.3.